The standard InChI is InChI=1S/C16H12F5N5O/c1-8-2-11-24-13(16(19,20)21)12(14(27)26(11)23-4-8)9-5-22-25(6-9)7-10-3-15(10,17)18/h2,4-6,10H,3,7H2,1H3. The molecular formula is C16H12F5N5O. The molecule has 142 valence electrons. The zero-order valence-electron chi connectivity index (χ0n) is 13.8. The Balaban J connectivity index is 1.85. The van der Waals surface area contributed by atoms with Gasteiger partial charge in [0.1, 0.15) is 0 Å². The maximum absolute atomic E-state index is 13.5. The Morgan fingerprint density at radius 2 is 1.96 bits per heavy atom. The van der Waals surface area contributed by atoms with Gasteiger partial charge in [0.25, 0.3) is 11.5 Å². The van der Waals surface area contributed by atoms with E-state index in [4.69, 9.17) is 0 Å². The van der Waals surface area contributed by atoms with E-state index in [1.54, 1.807) is 6.92 Å². The van der Waals surface area contributed by atoms with Crippen molar-refractivity contribution in [1.82, 2.24) is 24.4 Å². The third kappa shape index (κ3) is 3.06. The highest BCUT2D eigenvalue weighted by Gasteiger charge is 2.56. The van der Waals surface area contributed by atoms with Crippen LogP contribution in [-0.4, -0.2) is 30.3 Å². The molecule has 0 spiro atoms. The van der Waals surface area contributed by atoms with E-state index in [-0.39, 0.29) is 24.2 Å². The van der Waals surface area contributed by atoms with E-state index in [9.17, 15) is 26.7 Å². The summed E-state index contributed by atoms with van der Waals surface area (Å²) in [5.41, 5.74) is -2.94. The molecule has 0 N–H and O–H groups in total. The van der Waals surface area contributed by atoms with Crippen LogP contribution in [0.4, 0.5) is 22.0 Å². The molecule has 1 fully saturated rings. The first-order chi connectivity index (χ1) is 12.6. The van der Waals surface area contributed by atoms with E-state index in [1.807, 2.05) is 0 Å². The molecular weight excluding hydrogens is 373 g/mol. The van der Waals surface area contributed by atoms with Crippen LogP contribution in [-0.2, 0) is 12.7 Å². The molecule has 3 aromatic rings. The Bertz CT molecular complexity index is 1100. The number of hydrogen-bond donors (Lipinski definition) is 0. The Kier molecular flexibility index (Phi) is 3.62. The van der Waals surface area contributed by atoms with E-state index in [0.29, 0.717) is 5.56 Å². The molecule has 3 aromatic heterocycles. The highest BCUT2D eigenvalue weighted by molar-refractivity contribution is 5.66. The fourth-order valence-corrected chi connectivity index (χ4v) is 2.88. The molecule has 4 rings (SSSR count). The number of hydrogen-bond acceptors (Lipinski definition) is 4. The van der Waals surface area contributed by atoms with Gasteiger partial charge in [-0.1, -0.05) is 0 Å². The molecule has 1 aliphatic carbocycles. The normalized spacial score (nSPS) is 18.8. The molecule has 0 radical (unpaired) electrons. The number of halogens is 5. The Labute approximate surface area is 148 Å². The van der Waals surface area contributed by atoms with E-state index in [0.717, 1.165) is 21.6 Å². The second kappa shape index (κ2) is 5.57. The van der Waals surface area contributed by atoms with Gasteiger partial charge in [-0.05, 0) is 18.6 Å². The van der Waals surface area contributed by atoms with Crippen LogP contribution in [0.25, 0.3) is 16.8 Å². The second-order valence-electron chi connectivity index (χ2n) is 6.55. The average Bonchev–Trinajstić information content (AvgIpc) is 2.94. The SMILES string of the molecule is Cc1cnn2c(=O)c(-c3cnn(CC4CC4(F)F)c3)c(C(F)(F)F)nc2c1. The summed E-state index contributed by atoms with van der Waals surface area (Å²) >= 11 is 0. The van der Waals surface area contributed by atoms with Gasteiger partial charge in [-0.25, -0.2) is 13.8 Å². The summed E-state index contributed by atoms with van der Waals surface area (Å²) in [4.78, 5) is 16.2. The molecule has 1 atom stereocenters. The van der Waals surface area contributed by atoms with Crippen LogP contribution >= 0.6 is 0 Å². The summed E-state index contributed by atoms with van der Waals surface area (Å²) in [6, 6.07) is 1.31. The van der Waals surface area contributed by atoms with Crippen LogP contribution in [0.2, 0.25) is 0 Å². The first-order valence-electron chi connectivity index (χ1n) is 7.94. The predicted molar refractivity (Wildman–Crippen MR) is 83.3 cm³/mol. The maximum atomic E-state index is 13.5. The summed E-state index contributed by atoms with van der Waals surface area (Å²) in [5, 5.41) is 7.64. The van der Waals surface area contributed by atoms with Gasteiger partial charge in [0.15, 0.2) is 11.3 Å². The number of nitrogens with zero attached hydrogens (tertiary/aromatic N) is 5. The van der Waals surface area contributed by atoms with E-state index in [2.05, 4.69) is 15.2 Å². The fourth-order valence-electron chi connectivity index (χ4n) is 2.88. The summed E-state index contributed by atoms with van der Waals surface area (Å²) in [7, 11) is 0. The molecule has 1 aliphatic rings. The molecule has 1 saturated carbocycles. The highest BCUT2D eigenvalue weighted by atomic mass is 19.4. The largest absolute Gasteiger partial charge is 0.434 e. The number of aryl methyl sites for hydroxylation is 1. The van der Waals surface area contributed by atoms with Crippen molar-refractivity contribution in [3.63, 3.8) is 0 Å². The summed E-state index contributed by atoms with van der Waals surface area (Å²) in [5.74, 6) is -3.69. The fraction of sp³-hybridized carbons (Fsp3) is 0.375. The number of aromatic nitrogens is 5. The van der Waals surface area contributed by atoms with Gasteiger partial charge in [0.05, 0.1) is 18.0 Å². The van der Waals surface area contributed by atoms with Crippen molar-refractivity contribution in [3.8, 4) is 11.1 Å². The van der Waals surface area contributed by atoms with Crippen LogP contribution in [0.5, 0.6) is 0 Å². The van der Waals surface area contributed by atoms with E-state index in [1.165, 1.54) is 12.3 Å². The van der Waals surface area contributed by atoms with E-state index < -0.39 is 34.8 Å². The Hall–Kier alpha value is -2.85. The summed E-state index contributed by atoms with van der Waals surface area (Å²) in [6.07, 6.45) is -1.68. The van der Waals surface area contributed by atoms with Crippen molar-refractivity contribution >= 4 is 5.65 Å². The van der Waals surface area contributed by atoms with Crippen LogP contribution in [0.1, 0.15) is 17.7 Å². The van der Waals surface area contributed by atoms with Gasteiger partial charge in [0.2, 0.25) is 0 Å². The van der Waals surface area contributed by atoms with Crippen molar-refractivity contribution in [2.75, 3.05) is 0 Å². The van der Waals surface area contributed by atoms with Crippen molar-refractivity contribution < 1.29 is 22.0 Å². The molecule has 0 bridgehead atoms. The second-order valence-corrected chi connectivity index (χ2v) is 6.55. The first-order valence-corrected chi connectivity index (χ1v) is 7.94. The van der Waals surface area contributed by atoms with Gasteiger partial charge in [-0.15, -0.1) is 0 Å². The molecule has 0 saturated heterocycles. The molecule has 0 amide bonds. The minimum Gasteiger partial charge on any atom is -0.272 e. The molecule has 3 heterocycles. The molecule has 6 nitrogen and oxygen atoms in total. The van der Waals surface area contributed by atoms with Crippen LogP contribution in [0.15, 0.2) is 29.5 Å². The van der Waals surface area contributed by atoms with Gasteiger partial charge in [-0.2, -0.15) is 27.9 Å². The topological polar surface area (TPSA) is 65.1 Å². The molecule has 0 aliphatic heterocycles. The van der Waals surface area contributed by atoms with Gasteiger partial charge in [-0.3, -0.25) is 9.48 Å². The maximum Gasteiger partial charge on any atom is 0.434 e. The van der Waals surface area contributed by atoms with Crippen molar-refractivity contribution in [2.24, 2.45) is 5.92 Å². The molecule has 1 unspecified atom stereocenters. The molecule has 11 heteroatoms. The third-order valence-electron chi connectivity index (χ3n) is 4.37. The number of alkyl halides is 5. The van der Waals surface area contributed by atoms with E-state index >= 15 is 0 Å². The lowest BCUT2D eigenvalue weighted by Gasteiger charge is -2.12. The Morgan fingerprint density at radius 3 is 2.59 bits per heavy atom. The van der Waals surface area contributed by atoms with Crippen molar-refractivity contribution in [3.05, 3.63) is 46.3 Å². The van der Waals surface area contributed by atoms with Crippen molar-refractivity contribution in [2.45, 2.75) is 32.0 Å². The first kappa shape index (κ1) is 17.6. The molecule has 0 aromatic carbocycles. The van der Waals surface area contributed by atoms with Gasteiger partial charge < -0.3 is 0 Å². The van der Waals surface area contributed by atoms with Crippen molar-refractivity contribution in [1.29, 1.82) is 0 Å². The highest BCUT2D eigenvalue weighted by Crippen LogP contribution is 2.49. The average molecular weight is 385 g/mol. The van der Waals surface area contributed by atoms with Gasteiger partial charge in [0, 0.05) is 30.6 Å². The zero-order valence-corrected chi connectivity index (χ0v) is 13.8. The van der Waals surface area contributed by atoms with Crippen LogP contribution in [0, 0.1) is 12.8 Å². The Morgan fingerprint density at radius 1 is 1.26 bits per heavy atom. The lowest BCUT2D eigenvalue weighted by atomic mass is 10.1. The van der Waals surface area contributed by atoms with Crippen LogP contribution < -0.4 is 5.56 Å². The number of rotatable bonds is 3. The quantitative estimate of drug-likeness (QED) is 0.651. The monoisotopic (exact) mass is 385 g/mol. The third-order valence-corrected chi connectivity index (χ3v) is 4.37. The van der Waals surface area contributed by atoms with Gasteiger partial charge >= 0.3 is 6.18 Å². The summed E-state index contributed by atoms with van der Waals surface area (Å²) in [6.45, 7) is 1.46. The lowest BCUT2D eigenvalue weighted by molar-refractivity contribution is -0.140. The smallest absolute Gasteiger partial charge is 0.272 e. The minimum absolute atomic E-state index is 0.145. The molecule has 27 heavy (non-hydrogen) atoms. The zero-order chi connectivity index (χ0) is 19.6. The minimum atomic E-state index is -4.89. The number of fused-ring (bicyclic) bond motifs is 1. The summed E-state index contributed by atoms with van der Waals surface area (Å²) < 4.78 is 68.5. The van der Waals surface area contributed by atoms with Crippen LogP contribution in [0.3, 0.4) is 0 Å². The lowest BCUT2D eigenvalue weighted by Crippen LogP contribution is -2.25. The predicted octanol–water partition coefficient (Wildman–Crippen LogP) is 2.94.